The van der Waals surface area contributed by atoms with Crippen LogP contribution in [0.25, 0.3) is 17.3 Å². The summed E-state index contributed by atoms with van der Waals surface area (Å²) in [4.78, 5) is 11.9. The zero-order valence-corrected chi connectivity index (χ0v) is 17.1. The number of carbonyl (C=O) groups excluding carboxylic acids is 1. The van der Waals surface area contributed by atoms with E-state index in [9.17, 15) is 10.1 Å². The molecule has 4 rings (SSSR count). The van der Waals surface area contributed by atoms with Crippen LogP contribution in [0.3, 0.4) is 0 Å². The molecule has 0 atom stereocenters. The molecular weight excluding hydrogens is 394 g/mol. The van der Waals surface area contributed by atoms with Crippen molar-refractivity contribution >= 4 is 12.0 Å². The number of aromatic nitrogens is 2. The van der Waals surface area contributed by atoms with Gasteiger partial charge in [-0.1, -0.05) is 30.3 Å². The van der Waals surface area contributed by atoms with Crippen molar-refractivity contribution in [2.24, 2.45) is 0 Å². The van der Waals surface area contributed by atoms with Crippen LogP contribution in [0.4, 0.5) is 0 Å². The predicted octanol–water partition coefficient (Wildman–Crippen LogP) is 3.84. The summed E-state index contributed by atoms with van der Waals surface area (Å²) in [5.41, 5.74) is 3.04. The second-order valence-corrected chi connectivity index (χ2v) is 6.99. The van der Waals surface area contributed by atoms with E-state index < -0.39 is 5.97 Å². The highest BCUT2D eigenvalue weighted by Gasteiger charge is 2.17. The third-order valence-electron chi connectivity index (χ3n) is 4.82. The van der Waals surface area contributed by atoms with E-state index >= 15 is 0 Å². The van der Waals surface area contributed by atoms with E-state index in [1.807, 2.05) is 60.8 Å². The molecule has 1 aromatic heterocycles. The van der Waals surface area contributed by atoms with E-state index in [-0.39, 0.29) is 5.57 Å². The normalized spacial score (nSPS) is 13.2. The van der Waals surface area contributed by atoms with Gasteiger partial charge < -0.3 is 14.2 Å². The summed E-state index contributed by atoms with van der Waals surface area (Å²) in [6.45, 7) is 1.73. The summed E-state index contributed by atoms with van der Waals surface area (Å²) in [6.07, 6.45) is 4.12. The first-order valence-corrected chi connectivity index (χ1v) is 9.89. The molecule has 0 saturated carbocycles. The summed E-state index contributed by atoms with van der Waals surface area (Å²) in [5.74, 6) is 0.647. The molecular formula is C24H21N3O4. The number of esters is 1. The van der Waals surface area contributed by atoms with Crippen molar-refractivity contribution in [3.8, 4) is 28.8 Å². The van der Waals surface area contributed by atoms with Crippen LogP contribution in [-0.4, -0.2) is 36.1 Å². The van der Waals surface area contributed by atoms with Gasteiger partial charge in [0.2, 0.25) is 0 Å². The zero-order valence-electron chi connectivity index (χ0n) is 17.1. The van der Waals surface area contributed by atoms with E-state index in [4.69, 9.17) is 19.3 Å². The lowest BCUT2D eigenvalue weighted by Gasteiger charge is -2.09. The summed E-state index contributed by atoms with van der Waals surface area (Å²) < 4.78 is 18.0. The fraction of sp³-hybridized carbons (Fsp3) is 0.208. The minimum Gasteiger partial charge on any atom is -0.490 e. The Kier molecular flexibility index (Phi) is 5.99. The molecule has 3 aromatic rings. The van der Waals surface area contributed by atoms with Gasteiger partial charge in [0.15, 0.2) is 11.5 Å². The Morgan fingerprint density at radius 3 is 2.71 bits per heavy atom. The lowest BCUT2D eigenvalue weighted by molar-refractivity contribution is -0.135. The van der Waals surface area contributed by atoms with Gasteiger partial charge in [0.1, 0.15) is 11.6 Å². The van der Waals surface area contributed by atoms with E-state index in [0.29, 0.717) is 42.5 Å². The third-order valence-corrected chi connectivity index (χ3v) is 4.82. The van der Waals surface area contributed by atoms with Gasteiger partial charge in [-0.05, 0) is 29.8 Å². The smallest absolute Gasteiger partial charge is 0.348 e. The first-order valence-electron chi connectivity index (χ1n) is 9.89. The molecule has 0 spiro atoms. The van der Waals surface area contributed by atoms with Crippen molar-refractivity contribution in [2.75, 3.05) is 20.3 Å². The van der Waals surface area contributed by atoms with Gasteiger partial charge in [-0.2, -0.15) is 10.4 Å². The molecule has 7 nitrogen and oxygen atoms in total. The minimum absolute atomic E-state index is 0.0997. The van der Waals surface area contributed by atoms with Gasteiger partial charge >= 0.3 is 5.97 Å². The number of rotatable bonds is 5. The van der Waals surface area contributed by atoms with Crippen molar-refractivity contribution in [3.05, 3.63) is 71.4 Å². The Morgan fingerprint density at radius 2 is 1.97 bits per heavy atom. The fourth-order valence-corrected chi connectivity index (χ4v) is 3.33. The van der Waals surface area contributed by atoms with Crippen molar-refractivity contribution in [1.82, 2.24) is 9.78 Å². The van der Waals surface area contributed by atoms with E-state index in [2.05, 4.69) is 0 Å². The van der Waals surface area contributed by atoms with Gasteiger partial charge in [0.25, 0.3) is 0 Å². The van der Waals surface area contributed by atoms with Crippen LogP contribution >= 0.6 is 0 Å². The number of nitriles is 1. The summed E-state index contributed by atoms with van der Waals surface area (Å²) in [6, 6.07) is 17.4. The molecule has 2 aromatic carbocycles. The van der Waals surface area contributed by atoms with E-state index in [1.165, 1.54) is 13.2 Å². The molecule has 7 heteroatoms. The van der Waals surface area contributed by atoms with Crippen molar-refractivity contribution in [2.45, 2.75) is 13.0 Å². The van der Waals surface area contributed by atoms with E-state index in [0.717, 1.165) is 17.5 Å². The highest BCUT2D eigenvalue weighted by molar-refractivity contribution is 5.98. The average Bonchev–Trinajstić information content (AvgIpc) is 3.04. The maximum atomic E-state index is 11.9. The van der Waals surface area contributed by atoms with Crippen LogP contribution in [0.1, 0.15) is 17.5 Å². The first kappa shape index (κ1) is 20.2. The first-order chi connectivity index (χ1) is 15.2. The van der Waals surface area contributed by atoms with Crippen LogP contribution in [0, 0.1) is 11.3 Å². The Balaban J connectivity index is 1.78. The molecule has 2 heterocycles. The SMILES string of the molecule is COC(=O)/C(C#N)=C/c1cn(Cc2ccccc2)nc1-c1ccc2c(c1)OCCCO2. The molecule has 0 radical (unpaired) electrons. The lowest BCUT2D eigenvalue weighted by atomic mass is 10.1. The van der Waals surface area contributed by atoms with Crippen molar-refractivity contribution < 1.29 is 19.0 Å². The summed E-state index contributed by atoms with van der Waals surface area (Å²) >= 11 is 0. The van der Waals surface area contributed by atoms with Gasteiger partial charge in [-0.25, -0.2) is 4.79 Å². The highest BCUT2D eigenvalue weighted by atomic mass is 16.5. The van der Waals surface area contributed by atoms with Gasteiger partial charge in [0.05, 0.1) is 32.6 Å². The third kappa shape index (κ3) is 4.59. The topological polar surface area (TPSA) is 86.4 Å². The Morgan fingerprint density at radius 1 is 1.19 bits per heavy atom. The molecule has 31 heavy (non-hydrogen) atoms. The van der Waals surface area contributed by atoms with Crippen LogP contribution in [-0.2, 0) is 16.1 Å². The Hall–Kier alpha value is -4.05. The largest absolute Gasteiger partial charge is 0.490 e. The number of methoxy groups -OCH3 is 1. The maximum Gasteiger partial charge on any atom is 0.348 e. The number of carbonyl (C=O) groups is 1. The maximum absolute atomic E-state index is 11.9. The number of ether oxygens (including phenoxy) is 3. The lowest BCUT2D eigenvalue weighted by Crippen LogP contribution is -2.02. The predicted molar refractivity (Wildman–Crippen MR) is 114 cm³/mol. The van der Waals surface area contributed by atoms with Gasteiger partial charge in [-0.15, -0.1) is 0 Å². The van der Waals surface area contributed by atoms with Gasteiger partial charge in [0, 0.05) is 23.7 Å². The molecule has 0 fully saturated rings. The minimum atomic E-state index is -0.692. The van der Waals surface area contributed by atoms with E-state index in [1.54, 1.807) is 4.68 Å². The van der Waals surface area contributed by atoms with Crippen LogP contribution in [0.15, 0.2) is 60.3 Å². The zero-order chi connectivity index (χ0) is 21.6. The highest BCUT2D eigenvalue weighted by Crippen LogP contribution is 2.35. The van der Waals surface area contributed by atoms with Gasteiger partial charge in [-0.3, -0.25) is 4.68 Å². The summed E-state index contributed by atoms with van der Waals surface area (Å²) in [7, 11) is 1.25. The fourth-order valence-electron chi connectivity index (χ4n) is 3.33. The quantitative estimate of drug-likeness (QED) is 0.358. The molecule has 0 saturated heterocycles. The number of fused-ring (bicyclic) bond motifs is 1. The average molecular weight is 415 g/mol. The molecule has 156 valence electrons. The summed E-state index contributed by atoms with van der Waals surface area (Å²) in [5, 5.41) is 14.1. The second kappa shape index (κ2) is 9.18. The van der Waals surface area contributed by atoms with Crippen molar-refractivity contribution in [1.29, 1.82) is 5.26 Å². The molecule has 0 amide bonds. The molecule has 0 N–H and O–H groups in total. The molecule has 0 bridgehead atoms. The molecule has 0 aliphatic carbocycles. The molecule has 0 unspecified atom stereocenters. The standard InChI is InChI=1S/C24H21N3O4/c1-29-24(28)19(14-25)12-20-16-27(15-17-6-3-2-4-7-17)26-23(20)18-8-9-21-22(13-18)31-11-5-10-30-21/h2-4,6-9,12-13,16H,5,10-11,15H2,1H3/b19-12+. The van der Waals surface area contributed by atoms with Crippen LogP contribution in [0.2, 0.25) is 0 Å². The number of nitrogens with zero attached hydrogens (tertiary/aromatic N) is 3. The van der Waals surface area contributed by atoms with Crippen LogP contribution in [0.5, 0.6) is 11.5 Å². The molecule has 1 aliphatic heterocycles. The monoisotopic (exact) mass is 415 g/mol. The number of benzene rings is 2. The second-order valence-electron chi connectivity index (χ2n) is 6.99. The Bertz CT molecular complexity index is 1160. The molecule has 1 aliphatic rings. The number of hydrogen-bond donors (Lipinski definition) is 0. The number of hydrogen-bond acceptors (Lipinski definition) is 6. The van der Waals surface area contributed by atoms with Crippen molar-refractivity contribution in [3.63, 3.8) is 0 Å². The Labute approximate surface area is 180 Å². The van der Waals surface area contributed by atoms with Crippen LogP contribution < -0.4 is 9.47 Å².